The lowest BCUT2D eigenvalue weighted by Crippen LogP contribution is -2.56. The summed E-state index contributed by atoms with van der Waals surface area (Å²) >= 11 is 0. The molecule has 0 aliphatic carbocycles. The van der Waals surface area contributed by atoms with E-state index in [1.165, 1.54) is 13.8 Å². The van der Waals surface area contributed by atoms with Gasteiger partial charge in [0, 0.05) is 6.42 Å². The fourth-order valence-electron chi connectivity index (χ4n) is 1.90. The van der Waals surface area contributed by atoms with Gasteiger partial charge in [-0.05, 0) is 20.3 Å². The Hall–Kier alpha value is -3.22. The highest BCUT2D eigenvalue weighted by molar-refractivity contribution is 5.96. The molecule has 0 radical (unpaired) electrons. The molecule has 0 spiro atoms. The lowest BCUT2D eigenvalue weighted by molar-refractivity contribution is -0.141. The maximum absolute atomic E-state index is 12.3. The lowest BCUT2D eigenvalue weighted by atomic mass is 10.1. The molecule has 0 aliphatic rings. The largest absolute Gasteiger partial charge is 0.480 e. The number of rotatable bonds is 12. The zero-order valence-electron chi connectivity index (χ0n) is 15.6. The molecule has 0 aromatic carbocycles. The third-order valence-corrected chi connectivity index (χ3v) is 3.56. The Morgan fingerprint density at radius 2 is 1.36 bits per heavy atom. The maximum atomic E-state index is 12.3. The first-order valence-electron chi connectivity index (χ1n) is 8.31. The summed E-state index contributed by atoms with van der Waals surface area (Å²) in [6.07, 6.45) is -0.793. The van der Waals surface area contributed by atoms with Gasteiger partial charge in [-0.2, -0.15) is 0 Å². The van der Waals surface area contributed by atoms with Crippen LogP contribution in [0.15, 0.2) is 0 Å². The Bertz CT molecular complexity index is 638. The second kappa shape index (κ2) is 11.5. The van der Waals surface area contributed by atoms with Crippen molar-refractivity contribution in [2.24, 2.45) is 17.2 Å². The zero-order valence-corrected chi connectivity index (χ0v) is 15.6. The Labute approximate surface area is 160 Å². The highest BCUT2D eigenvalue weighted by Crippen LogP contribution is 1.99. The molecule has 0 fully saturated rings. The van der Waals surface area contributed by atoms with Crippen molar-refractivity contribution in [2.75, 3.05) is 0 Å². The van der Waals surface area contributed by atoms with E-state index in [9.17, 15) is 28.8 Å². The molecule has 4 atom stereocenters. The van der Waals surface area contributed by atoms with Crippen LogP contribution in [-0.4, -0.2) is 64.8 Å². The number of hydrogen-bond acceptors (Lipinski definition) is 7. The minimum atomic E-state index is -1.42. The van der Waals surface area contributed by atoms with Gasteiger partial charge in [0.1, 0.15) is 18.1 Å². The number of hydrogen-bond donors (Lipinski definition) is 7. The van der Waals surface area contributed by atoms with Crippen LogP contribution in [0.2, 0.25) is 0 Å². The molecule has 158 valence electrons. The molecule has 13 heteroatoms. The summed E-state index contributed by atoms with van der Waals surface area (Å²) in [7, 11) is 0. The number of primary amides is 2. The molecule has 0 heterocycles. The Morgan fingerprint density at radius 3 is 1.82 bits per heavy atom. The van der Waals surface area contributed by atoms with Gasteiger partial charge in [-0.15, -0.1) is 0 Å². The first kappa shape index (κ1) is 24.8. The number of nitrogens with two attached hydrogens (primary N) is 3. The van der Waals surface area contributed by atoms with Gasteiger partial charge in [0.25, 0.3) is 0 Å². The summed E-state index contributed by atoms with van der Waals surface area (Å²) in [4.78, 5) is 68.9. The number of aliphatic carboxylic acids is 1. The summed E-state index contributed by atoms with van der Waals surface area (Å²) in [5.74, 6) is -5.34. The average Bonchev–Trinajstić information content (AvgIpc) is 2.57. The molecule has 4 unspecified atom stereocenters. The van der Waals surface area contributed by atoms with Crippen LogP contribution in [0.5, 0.6) is 0 Å². The predicted octanol–water partition coefficient (Wildman–Crippen LogP) is -3.97. The monoisotopic (exact) mass is 402 g/mol. The van der Waals surface area contributed by atoms with Gasteiger partial charge in [-0.3, -0.25) is 28.8 Å². The third-order valence-electron chi connectivity index (χ3n) is 3.56. The minimum Gasteiger partial charge on any atom is -0.480 e. The van der Waals surface area contributed by atoms with E-state index in [4.69, 9.17) is 22.3 Å². The molecule has 10 N–H and O–H groups in total. The number of carbonyl (C=O) groups is 6. The number of nitrogens with one attached hydrogen (secondary N) is 3. The molecular formula is C15H26N6O7. The summed E-state index contributed by atoms with van der Waals surface area (Å²) < 4.78 is 0. The molecule has 0 aromatic rings. The first-order chi connectivity index (χ1) is 12.8. The second-order valence-electron chi connectivity index (χ2n) is 6.14. The summed E-state index contributed by atoms with van der Waals surface area (Å²) in [5.41, 5.74) is 15.6. The molecule has 0 aromatic heterocycles. The van der Waals surface area contributed by atoms with Crippen molar-refractivity contribution in [2.45, 2.75) is 57.3 Å². The van der Waals surface area contributed by atoms with Gasteiger partial charge in [0.2, 0.25) is 29.5 Å². The number of carboxylic acid groups (broad SMARTS) is 1. The van der Waals surface area contributed by atoms with Crippen molar-refractivity contribution >= 4 is 35.5 Å². The van der Waals surface area contributed by atoms with E-state index in [1.54, 1.807) is 0 Å². The van der Waals surface area contributed by atoms with Gasteiger partial charge in [0.15, 0.2) is 0 Å². The molecule has 0 saturated heterocycles. The first-order valence-corrected chi connectivity index (χ1v) is 8.31. The van der Waals surface area contributed by atoms with Gasteiger partial charge in [-0.1, -0.05) is 0 Å². The summed E-state index contributed by atoms with van der Waals surface area (Å²) in [6.45, 7) is 2.52. The zero-order chi connectivity index (χ0) is 22.0. The van der Waals surface area contributed by atoms with Crippen LogP contribution in [0.1, 0.15) is 33.1 Å². The number of amides is 5. The standard InChI is InChI=1S/C15H26N6O7/c1-6(12(24)20-7(2)15(27)28)19-14(26)9(5-11(18)23)21-13(25)8(16)3-4-10(17)22/h6-9H,3-5,16H2,1-2H3,(H2,17,22)(H2,18,23)(H,19,26)(H,20,24)(H,21,25)(H,27,28). The van der Waals surface area contributed by atoms with Crippen LogP contribution in [-0.2, 0) is 28.8 Å². The highest BCUT2D eigenvalue weighted by atomic mass is 16.4. The van der Waals surface area contributed by atoms with Crippen molar-refractivity contribution in [3.8, 4) is 0 Å². The second-order valence-corrected chi connectivity index (χ2v) is 6.14. The minimum absolute atomic E-state index is 0.0715. The van der Waals surface area contributed by atoms with Crippen LogP contribution in [0.4, 0.5) is 0 Å². The van der Waals surface area contributed by atoms with E-state index in [2.05, 4.69) is 16.0 Å². The Morgan fingerprint density at radius 1 is 0.821 bits per heavy atom. The topological polar surface area (TPSA) is 237 Å². The molecule has 0 rings (SSSR count). The SMILES string of the molecule is CC(NC(=O)C(C)NC(=O)C(CC(N)=O)NC(=O)C(N)CCC(N)=O)C(=O)O. The van der Waals surface area contributed by atoms with Crippen molar-refractivity contribution in [1.82, 2.24) is 16.0 Å². The van der Waals surface area contributed by atoms with E-state index in [0.717, 1.165) is 0 Å². The number of carbonyl (C=O) groups excluding carboxylic acids is 5. The predicted molar refractivity (Wildman–Crippen MR) is 95.0 cm³/mol. The maximum Gasteiger partial charge on any atom is 0.325 e. The van der Waals surface area contributed by atoms with Crippen molar-refractivity contribution in [3.63, 3.8) is 0 Å². The van der Waals surface area contributed by atoms with E-state index in [-0.39, 0.29) is 12.8 Å². The quantitative estimate of drug-likeness (QED) is 0.169. The molecule has 0 saturated carbocycles. The van der Waals surface area contributed by atoms with E-state index in [1.807, 2.05) is 0 Å². The van der Waals surface area contributed by atoms with Gasteiger partial charge >= 0.3 is 5.97 Å². The fraction of sp³-hybridized carbons (Fsp3) is 0.600. The molecule has 13 nitrogen and oxygen atoms in total. The highest BCUT2D eigenvalue weighted by Gasteiger charge is 2.28. The molecule has 5 amide bonds. The van der Waals surface area contributed by atoms with E-state index in [0.29, 0.717) is 0 Å². The Balaban J connectivity index is 4.95. The summed E-state index contributed by atoms with van der Waals surface area (Å²) in [6, 6.07) is -4.93. The van der Waals surface area contributed by atoms with Crippen molar-refractivity contribution in [1.29, 1.82) is 0 Å². The van der Waals surface area contributed by atoms with Gasteiger partial charge in [0.05, 0.1) is 12.5 Å². The van der Waals surface area contributed by atoms with Gasteiger partial charge < -0.3 is 38.3 Å². The average molecular weight is 402 g/mol. The van der Waals surface area contributed by atoms with Crippen LogP contribution in [0, 0.1) is 0 Å². The Kier molecular flexibility index (Phi) is 10.2. The third kappa shape index (κ3) is 9.47. The van der Waals surface area contributed by atoms with Crippen molar-refractivity contribution in [3.05, 3.63) is 0 Å². The number of carboxylic acids is 1. The van der Waals surface area contributed by atoms with Crippen LogP contribution < -0.4 is 33.2 Å². The van der Waals surface area contributed by atoms with Crippen LogP contribution in [0.3, 0.4) is 0 Å². The van der Waals surface area contributed by atoms with Gasteiger partial charge in [-0.25, -0.2) is 0 Å². The lowest BCUT2D eigenvalue weighted by Gasteiger charge is -2.22. The van der Waals surface area contributed by atoms with Crippen molar-refractivity contribution < 1.29 is 33.9 Å². The van der Waals surface area contributed by atoms with E-state index >= 15 is 0 Å². The molecule has 28 heavy (non-hydrogen) atoms. The fourth-order valence-corrected chi connectivity index (χ4v) is 1.90. The van der Waals surface area contributed by atoms with Crippen LogP contribution in [0.25, 0.3) is 0 Å². The molecule has 0 aliphatic heterocycles. The summed E-state index contributed by atoms with van der Waals surface area (Å²) in [5, 5.41) is 15.4. The smallest absolute Gasteiger partial charge is 0.325 e. The van der Waals surface area contributed by atoms with E-state index < -0.39 is 66.1 Å². The normalized spacial score (nSPS) is 14.7. The van der Waals surface area contributed by atoms with Crippen LogP contribution >= 0.6 is 0 Å². The molecular weight excluding hydrogens is 376 g/mol. The molecule has 0 bridgehead atoms.